The number of nitrogens with one attached hydrogen (secondary N) is 2. The molecule has 3 heterocycles. The summed E-state index contributed by atoms with van der Waals surface area (Å²) in [6.45, 7) is 0.329. The molecule has 0 saturated heterocycles. The van der Waals surface area contributed by atoms with Gasteiger partial charge in [-0.2, -0.15) is 4.98 Å². The lowest BCUT2D eigenvalue weighted by molar-refractivity contribution is 0.0945. The average molecular weight is 312 g/mol. The van der Waals surface area contributed by atoms with Crippen LogP contribution in [0.25, 0.3) is 10.6 Å². The summed E-state index contributed by atoms with van der Waals surface area (Å²) in [5.41, 5.74) is 1.01. The normalized spacial score (nSPS) is 10.4. The minimum Gasteiger partial charge on any atom is -0.347 e. The molecule has 0 fully saturated rings. The first-order chi connectivity index (χ1) is 10.7. The zero-order chi connectivity index (χ0) is 15.4. The summed E-state index contributed by atoms with van der Waals surface area (Å²) >= 11 is 1.48. The van der Waals surface area contributed by atoms with Crippen LogP contribution >= 0.6 is 11.3 Å². The zero-order valence-corrected chi connectivity index (χ0v) is 12.3. The highest BCUT2D eigenvalue weighted by atomic mass is 32.1. The molecule has 0 spiro atoms. The van der Waals surface area contributed by atoms with Gasteiger partial charge in [0.05, 0.1) is 10.6 Å². The molecule has 0 bridgehead atoms. The fourth-order valence-electron chi connectivity index (χ4n) is 1.91. The first kappa shape index (κ1) is 14.2. The van der Waals surface area contributed by atoms with E-state index in [0.29, 0.717) is 12.2 Å². The number of hydrogen-bond donors (Lipinski definition) is 2. The molecule has 6 nitrogen and oxygen atoms in total. The molecule has 1 amide bonds. The van der Waals surface area contributed by atoms with Crippen molar-refractivity contribution in [3.05, 3.63) is 69.8 Å². The third kappa shape index (κ3) is 3.26. The van der Waals surface area contributed by atoms with Crippen molar-refractivity contribution in [2.45, 2.75) is 6.54 Å². The Balaban J connectivity index is 1.79. The molecule has 7 heteroatoms. The first-order valence-electron chi connectivity index (χ1n) is 6.55. The highest BCUT2D eigenvalue weighted by Gasteiger charge is 2.11. The number of H-pyrrole nitrogens is 1. The number of thiophene rings is 1. The fraction of sp³-hybridized carbons (Fsp3) is 0.0667. The largest absolute Gasteiger partial charge is 0.347 e. The molecule has 0 aliphatic carbocycles. The predicted molar refractivity (Wildman–Crippen MR) is 83.6 cm³/mol. The Bertz CT molecular complexity index is 828. The van der Waals surface area contributed by atoms with Gasteiger partial charge < -0.3 is 10.3 Å². The van der Waals surface area contributed by atoms with Gasteiger partial charge in [0.15, 0.2) is 0 Å². The van der Waals surface area contributed by atoms with Crippen molar-refractivity contribution in [3.63, 3.8) is 0 Å². The number of aromatic amines is 1. The van der Waals surface area contributed by atoms with Gasteiger partial charge in [-0.25, -0.2) is 4.79 Å². The van der Waals surface area contributed by atoms with E-state index in [-0.39, 0.29) is 5.69 Å². The van der Waals surface area contributed by atoms with Crippen molar-refractivity contribution in [2.75, 3.05) is 0 Å². The third-order valence-corrected chi connectivity index (χ3v) is 3.84. The third-order valence-electron chi connectivity index (χ3n) is 2.94. The molecular formula is C15H12N4O2S. The lowest BCUT2D eigenvalue weighted by Gasteiger charge is -2.05. The van der Waals surface area contributed by atoms with Gasteiger partial charge in [0.1, 0.15) is 5.69 Å². The number of carbonyl (C=O) groups excluding carboxylic acids is 1. The molecule has 0 saturated carbocycles. The molecule has 110 valence electrons. The maximum atomic E-state index is 12.1. The Hall–Kier alpha value is -2.80. The summed E-state index contributed by atoms with van der Waals surface area (Å²) in [5.74, 6) is -0.396. The maximum absolute atomic E-state index is 12.1. The summed E-state index contributed by atoms with van der Waals surface area (Å²) in [6, 6.07) is 8.97. The van der Waals surface area contributed by atoms with Gasteiger partial charge in [0.2, 0.25) is 0 Å². The van der Waals surface area contributed by atoms with E-state index in [1.807, 2.05) is 23.6 Å². The number of nitrogens with zero attached hydrogens (tertiary/aromatic N) is 2. The highest BCUT2D eigenvalue weighted by Crippen LogP contribution is 2.21. The number of carbonyl (C=O) groups is 1. The molecule has 2 N–H and O–H groups in total. The molecule has 3 aromatic rings. The molecule has 3 aromatic heterocycles. The maximum Gasteiger partial charge on any atom is 0.346 e. The smallest absolute Gasteiger partial charge is 0.346 e. The van der Waals surface area contributed by atoms with E-state index in [2.05, 4.69) is 20.3 Å². The van der Waals surface area contributed by atoms with Crippen LogP contribution in [0.3, 0.4) is 0 Å². The Kier molecular flexibility index (Phi) is 4.06. The van der Waals surface area contributed by atoms with Crippen LogP contribution in [0.4, 0.5) is 0 Å². The summed E-state index contributed by atoms with van der Waals surface area (Å²) in [5, 5.41) is 4.62. The second-order valence-corrected chi connectivity index (χ2v) is 5.45. The van der Waals surface area contributed by atoms with E-state index in [0.717, 1.165) is 10.4 Å². The lowest BCUT2D eigenvalue weighted by atomic mass is 10.2. The van der Waals surface area contributed by atoms with Gasteiger partial charge in [-0.15, -0.1) is 11.3 Å². The van der Waals surface area contributed by atoms with Crippen LogP contribution in [0.5, 0.6) is 0 Å². The number of amides is 1. The van der Waals surface area contributed by atoms with Gasteiger partial charge >= 0.3 is 5.69 Å². The van der Waals surface area contributed by atoms with Gasteiger partial charge in [-0.05, 0) is 29.1 Å². The number of hydrogen-bond acceptors (Lipinski definition) is 5. The van der Waals surface area contributed by atoms with Crippen LogP contribution < -0.4 is 11.0 Å². The van der Waals surface area contributed by atoms with E-state index in [1.165, 1.54) is 11.3 Å². The van der Waals surface area contributed by atoms with Crippen LogP contribution in [0.15, 0.2) is 52.9 Å². The minimum absolute atomic E-state index is 0.0936. The molecule has 22 heavy (non-hydrogen) atoms. The fourth-order valence-corrected chi connectivity index (χ4v) is 2.61. The highest BCUT2D eigenvalue weighted by molar-refractivity contribution is 7.13. The zero-order valence-electron chi connectivity index (χ0n) is 11.4. The monoisotopic (exact) mass is 312 g/mol. The minimum atomic E-state index is -0.544. The van der Waals surface area contributed by atoms with Crippen molar-refractivity contribution in [3.8, 4) is 10.6 Å². The Labute approximate surface area is 129 Å². The van der Waals surface area contributed by atoms with E-state index in [9.17, 15) is 9.59 Å². The van der Waals surface area contributed by atoms with Crippen molar-refractivity contribution < 1.29 is 4.79 Å². The van der Waals surface area contributed by atoms with Gasteiger partial charge in [-0.1, -0.05) is 12.1 Å². The molecule has 0 atom stereocenters. The van der Waals surface area contributed by atoms with Gasteiger partial charge in [-0.3, -0.25) is 9.78 Å². The van der Waals surface area contributed by atoms with Crippen LogP contribution in [-0.2, 0) is 6.54 Å². The van der Waals surface area contributed by atoms with E-state index < -0.39 is 11.6 Å². The second kappa shape index (κ2) is 6.31. The van der Waals surface area contributed by atoms with Crippen LogP contribution in [0.1, 0.15) is 16.1 Å². The molecule has 0 aromatic carbocycles. The van der Waals surface area contributed by atoms with Crippen molar-refractivity contribution in [2.24, 2.45) is 0 Å². The summed E-state index contributed by atoms with van der Waals surface area (Å²) in [4.78, 5) is 35.0. The van der Waals surface area contributed by atoms with Crippen LogP contribution in [0.2, 0.25) is 0 Å². The molecule has 0 unspecified atom stereocenters. The Morgan fingerprint density at radius 1 is 1.32 bits per heavy atom. The van der Waals surface area contributed by atoms with Gasteiger partial charge in [0.25, 0.3) is 5.91 Å². The SMILES string of the molecule is O=C(NCc1cccnc1)c1cc(-c2cccs2)[nH]c(=O)n1. The summed E-state index contributed by atoms with van der Waals surface area (Å²) in [6.07, 6.45) is 3.33. The first-order valence-corrected chi connectivity index (χ1v) is 7.43. The summed E-state index contributed by atoms with van der Waals surface area (Å²) < 4.78 is 0. The quantitative estimate of drug-likeness (QED) is 0.769. The molecule has 0 aliphatic heterocycles. The van der Waals surface area contributed by atoms with Crippen molar-refractivity contribution in [1.82, 2.24) is 20.3 Å². The van der Waals surface area contributed by atoms with Crippen LogP contribution in [0, 0.1) is 0 Å². The van der Waals surface area contributed by atoms with E-state index in [4.69, 9.17) is 0 Å². The molecular weight excluding hydrogens is 300 g/mol. The Morgan fingerprint density at radius 2 is 2.23 bits per heavy atom. The molecule has 0 radical (unpaired) electrons. The van der Waals surface area contributed by atoms with Crippen molar-refractivity contribution in [1.29, 1.82) is 0 Å². The van der Waals surface area contributed by atoms with E-state index >= 15 is 0 Å². The second-order valence-electron chi connectivity index (χ2n) is 4.51. The van der Waals surface area contributed by atoms with E-state index in [1.54, 1.807) is 24.5 Å². The molecule has 3 rings (SSSR count). The number of rotatable bonds is 4. The van der Waals surface area contributed by atoms with Gasteiger partial charge in [0, 0.05) is 18.9 Å². The van der Waals surface area contributed by atoms with Crippen molar-refractivity contribution >= 4 is 17.2 Å². The number of pyridine rings is 1. The number of aromatic nitrogens is 3. The Morgan fingerprint density at radius 3 is 2.95 bits per heavy atom. The standard InChI is InChI=1S/C15H12N4O2S/c20-14(17-9-10-3-1-5-16-8-10)12-7-11(18-15(21)19-12)13-4-2-6-22-13/h1-8H,9H2,(H,17,20)(H,18,19,21). The molecule has 0 aliphatic rings. The lowest BCUT2D eigenvalue weighted by Crippen LogP contribution is -2.27. The predicted octanol–water partition coefficient (Wildman–Crippen LogP) is 1.82. The average Bonchev–Trinajstić information content (AvgIpc) is 3.07. The topological polar surface area (TPSA) is 87.7 Å². The van der Waals surface area contributed by atoms with Crippen LogP contribution in [-0.4, -0.2) is 20.9 Å². The summed E-state index contributed by atoms with van der Waals surface area (Å²) in [7, 11) is 0.